The van der Waals surface area contributed by atoms with Gasteiger partial charge in [-0.2, -0.15) is 0 Å². The molecule has 2 unspecified atom stereocenters. The van der Waals surface area contributed by atoms with E-state index in [1.54, 1.807) is 0 Å². The monoisotopic (exact) mass is 174 g/mol. The first-order valence-electron chi connectivity index (χ1n) is 1.58. The van der Waals surface area contributed by atoms with E-state index in [0.717, 1.165) is 0 Å². The third-order valence-electron chi connectivity index (χ3n) is 0.289. The van der Waals surface area contributed by atoms with Crippen LogP contribution in [0.4, 0.5) is 0 Å². The predicted molar refractivity (Wildman–Crippen MR) is 24.9 cm³/mol. The molecule has 0 aromatic heterocycles. The van der Waals surface area contributed by atoms with Crippen molar-refractivity contribution in [3.05, 3.63) is 0 Å². The molecule has 0 saturated heterocycles. The fourth-order valence-electron chi connectivity index (χ4n) is 0.0982. The summed E-state index contributed by atoms with van der Waals surface area (Å²) in [5, 5.41) is 0. The maximum Gasteiger partial charge on any atom is 0.176 e. The normalized spacial score (nSPS) is 17.1. The quantitative estimate of drug-likeness (QED) is 0.382. The van der Waals surface area contributed by atoms with Gasteiger partial charge in [-0.1, -0.05) is 0 Å². The highest BCUT2D eigenvalue weighted by Crippen LogP contribution is 1.82. The van der Waals surface area contributed by atoms with Gasteiger partial charge in [0.15, 0.2) is 6.79 Å². The minimum absolute atomic E-state index is 0.813. The van der Waals surface area contributed by atoms with E-state index in [1.165, 1.54) is 0 Å². The molecule has 0 heterocycles. The van der Waals surface area contributed by atoms with E-state index in [4.69, 9.17) is 0 Å². The minimum Gasteiger partial charge on any atom is -0.750 e. The Labute approximate surface area is 56.1 Å². The number of rotatable bonds is 4. The Morgan fingerprint density at radius 3 is 1.67 bits per heavy atom. The van der Waals surface area contributed by atoms with Crippen LogP contribution in [0.25, 0.3) is 0 Å². The topological polar surface area (TPSA) is 98.7 Å². The summed E-state index contributed by atoms with van der Waals surface area (Å²) in [4.78, 5) is 0. The second-order valence-corrected chi connectivity index (χ2v) is 2.05. The van der Waals surface area contributed by atoms with Crippen LogP contribution in [-0.4, -0.2) is 24.3 Å². The van der Waals surface area contributed by atoms with E-state index >= 15 is 0 Å². The van der Waals surface area contributed by atoms with Gasteiger partial charge in [0, 0.05) is 0 Å². The standard InChI is InChI=1S/CH4O6S2/c2-8(3)6-1-7-9(4)5/h1H2,(H,2,3)(H,4,5)/p-2. The first kappa shape index (κ1) is 9.14. The molecule has 0 radical (unpaired) electrons. The summed E-state index contributed by atoms with van der Waals surface area (Å²) in [7, 11) is 0. The molecule has 0 amide bonds. The van der Waals surface area contributed by atoms with E-state index in [0.29, 0.717) is 0 Å². The van der Waals surface area contributed by atoms with E-state index in [9.17, 15) is 17.5 Å². The van der Waals surface area contributed by atoms with Gasteiger partial charge in [0.1, 0.15) is 0 Å². The highest BCUT2D eigenvalue weighted by Gasteiger charge is 1.84. The summed E-state index contributed by atoms with van der Waals surface area (Å²) in [6, 6.07) is 0. The Balaban J connectivity index is 3.10. The van der Waals surface area contributed by atoms with Gasteiger partial charge in [-0.3, -0.25) is 8.37 Å². The summed E-state index contributed by atoms with van der Waals surface area (Å²) in [6.45, 7) is -0.813. The van der Waals surface area contributed by atoms with E-state index in [-0.39, 0.29) is 0 Å². The average molecular weight is 174 g/mol. The predicted octanol–water partition coefficient (Wildman–Crippen LogP) is -1.43. The largest absolute Gasteiger partial charge is 0.750 e. The molecule has 0 rings (SSSR count). The fourth-order valence-corrected chi connectivity index (χ4v) is 0.412. The Morgan fingerprint density at radius 1 is 1.11 bits per heavy atom. The van der Waals surface area contributed by atoms with Gasteiger partial charge >= 0.3 is 0 Å². The van der Waals surface area contributed by atoms with Gasteiger partial charge in [-0.05, 0) is 0 Å². The van der Waals surface area contributed by atoms with Crippen LogP contribution in [0.2, 0.25) is 0 Å². The van der Waals surface area contributed by atoms with Crippen LogP contribution in [0.1, 0.15) is 0 Å². The zero-order valence-electron chi connectivity index (χ0n) is 3.97. The average Bonchev–Trinajstić information content (AvgIpc) is 1.63. The molecule has 0 spiro atoms. The Morgan fingerprint density at radius 2 is 1.44 bits per heavy atom. The van der Waals surface area contributed by atoms with Crippen LogP contribution in [0, 0.1) is 0 Å². The summed E-state index contributed by atoms with van der Waals surface area (Å²) in [6.07, 6.45) is 0. The van der Waals surface area contributed by atoms with Gasteiger partial charge < -0.3 is 9.11 Å². The molecule has 0 saturated carbocycles. The van der Waals surface area contributed by atoms with Crippen LogP contribution in [0.5, 0.6) is 0 Å². The van der Waals surface area contributed by atoms with Gasteiger partial charge in [-0.15, -0.1) is 0 Å². The molecular formula is CH2O6S2-2. The molecule has 2 atom stereocenters. The first-order chi connectivity index (χ1) is 4.13. The molecule has 56 valence electrons. The molecule has 6 nitrogen and oxygen atoms in total. The van der Waals surface area contributed by atoms with Crippen molar-refractivity contribution in [3.8, 4) is 0 Å². The summed E-state index contributed by atoms with van der Waals surface area (Å²) >= 11 is -5.46. The minimum atomic E-state index is -2.73. The molecule has 0 fully saturated rings. The molecule has 0 aliphatic heterocycles. The smallest absolute Gasteiger partial charge is 0.176 e. The molecule has 0 aromatic carbocycles. The molecule has 0 bridgehead atoms. The van der Waals surface area contributed by atoms with Gasteiger partial charge in [0.25, 0.3) is 0 Å². The van der Waals surface area contributed by atoms with Gasteiger partial charge in [0.05, 0.1) is 22.7 Å². The Bertz CT molecular complexity index is 106. The lowest BCUT2D eigenvalue weighted by Crippen LogP contribution is -2.03. The van der Waals surface area contributed by atoms with E-state index < -0.39 is 29.5 Å². The van der Waals surface area contributed by atoms with Crippen molar-refractivity contribution in [3.63, 3.8) is 0 Å². The SMILES string of the molecule is O=S([O-])OCOS(=O)[O-]. The molecule has 0 aromatic rings. The van der Waals surface area contributed by atoms with Crippen molar-refractivity contribution < 1.29 is 25.9 Å². The van der Waals surface area contributed by atoms with Gasteiger partial charge in [0.2, 0.25) is 0 Å². The van der Waals surface area contributed by atoms with Crippen LogP contribution in [-0.2, 0) is 31.1 Å². The second kappa shape index (κ2) is 4.97. The lowest BCUT2D eigenvalue weighted by molar-refractivity contribution is 0.124. The fraction of sp³-hybridized carbons (Fsp3) is 1.00. The van der Waals surface area contributed by atoms with Crippen molar-refractivity contribution in [1.82, 2.24) is 0 Å². The van der Waals surface area contributed by atoms with Crippen molar-refractivity contribution in [2.24, 2.45) is 0 Å². The maximum absolute atomic E-state index is 9.48. The number of hydrogen-bond donors (Lipinski definition) is 0. The van der Waals surface area contributed by atoms with E-state index in [1.807, 2.05) is 0 Å². The lowest BCUT2D eigenvalue weighted by atomic mass is 11.6. The van der Waals surface area contributed by atoms with Crippen LogP contribution in [0.15, 0.2) is 0 Å². The molecular weight excluding hydrogens is 172 g/mol. The van der Waals surface area contributed by atoms with Crippen molar-refractivity contribution >= 4 is 22.7 Å². The van der Waals surface area contributed by atoms with Crippen LogP contribution >= 0.6 is 0 Å². The second-order valence-electron chi connectivity index (χ2n) is 0.762. The molecule has 0 aliphatic carbocycles. The Kier molecular flexibility index (Phi) is 5.04. The van der Waals surface area contributed by atoms with Gasteiger partial charge in [-0.25, -0.2) is 8.42 Å². The highest BCUT2D eigenvalue weighted by atomic mass is 32.2. The third-order valence-corrected chi connectivity index (χ3v) is 0.866. The van der Waals surface area contributed by atoms with Crippen LogP contribution < -0.4 is 0 Å². The Hall–Kier alpha value is 0.140. The molecule has 0 aliphatic rings. The van der Waals surface area contributed by atoms with Crippen molar-refractivity contribution in [2.45, 2.75) is 0 Å². The summed E-state index contributed by atoms with van der Waals surface area (Å²) < 4.78 is 45.2. The number of hydrogen-bond acceptors (Lipinski definition) is 6. The van der Waals surface area contributed by atoms with E-state index in [2.05, 4.69) is 8.37 Å². The summed E-state index contributed by atoms with van der Waals surface area (Å²) in [5.41, 5.74) is 0. The molecule has 8 heteroatoms. The zero-order chi connectivity index (χ0) is 7.28. The highest BCUT2D eigenvalue weighted by molar-refractivity contribution is 7.74. The van der Waals surface area contributed by atoms with Crippen molar-refractivity contribution in [2.75, 3.05) is 6.79 Å². The first-order valence-corrected chi connectivity index (χ1v) is 3.58. The molecule has 0 N–H and O–H groups in total. The third kappa shape index (κ3) is 8.14. The zero-order valence-corrected chi connectivity index (χ0v) is 5.61. The maximum atomic E-state index is 9.48. The van der Waals surface area contributed by atoms with Crippen LogP contribution in [0.3, 0.4) is 0 Å². The molecule has 9 heavy (non-hydrogen) atoms. The lowest BCUT2D eigenvalue weighted by Gasteiger charge is -2.06. The van der Waals surface area contributed by atoms with Crippen molar-refractivity contribution in [1.29, 1.82) is 0 Å². The summed E-state index contributed by atoms with van der Waals surface area (Å²) in [5.74, 6) is 0.